The Hall–Kier alpha value is -3.79. The molecule has 0 heterocycles. The third kappa shape index (κ3) is 6.12. The van der Waals surface area contributed by atoms with Crippen molar-refractivity contribution in [1.29, 1.82) is 0 Å². The summed E-state index contributed by atoms with van der Waals surface area (Å²) in [7, 11) is 4.30. The molecule has 4 heteroatoms. The number of rotatable bonds is 11. The fourth-order valence-electron chi connectivity index (χ4n) is 6.12. The van der Waals surface area contributed by atoms with Crippen LogP contribution in [0.4, 0.5) is 17.1 Å². The summed E-state index contributed by atoms with van der Waals surface area (Å²) < 4.78 is 2.47. The first-order valence-corrected chi connectivity index (χ1v) is 15.5. The average Bonchev–Trinajstić information content (AvgIpc) is 3.01. The molecule has 216 valence electrons. The number of fused-ring (bicyclic) bond motifs is 1. The van der Waals surface area contributed by atoms with Crippen LogP contribution in [-0.4, -0.2) is 63.7 Å². The SMILES string of the molecule is CCN(CC)c1ccc(C(=C2C=CC(=[N+](CC)CC)c3c2cccc3N(C)C)c2ccc(N(CC)CC)cc2)cc1. The zero-order valence-electron chi connectivity index (χ0n) is 26.5. The minimum absolute atomic E-state index is 0.975. The van der Waals surface area contributed by atoms with E-state index in [9.17, 15) is 0 Å². The van der Waals surface area contributed by atoms with Gasteiger partial charge in [-0.3, -0.25) is 0 Å². The zero-order chi connectivity index (χ0) is 29.5. The molecule has 0 saturated heterocycles. The zero-order valence-corrected chi connectivity index (χ0v) is 26.5. The van der Waals surface area contributed by atoms with Crippen LogP contribution in [0.25, 0.3) is 11.1 Å². The van der Waals surface area contributed by atoms with Crippen LogP contribution in [0.15, 0.2) is 78.9 Å². The minimum Gasteiger partial charge on any atom is -0.377 e. The molecule has 0 amide bonds. The van der Waals surface area contributed by atoms with E-state index in [2.05, 4.69) is 154 Å². The molecule has 0 saturated carbocycles. The molecular formula is C37H49N4+. The Morgan fingerprint density at radius 1 is 0.610 bits per heavy atom. The molecule has 0 aliphatic heterocycles. The molecule has 41 heavy (non-hydrogen) atoms. The maximum Gasteiger partial charge on any atom is 0.209 e. The highest BCUT2D eigenvalue weighted by molar-refractivity contribution is 6.19. The summed E-state index contributed by atoms with van der Waals surface area (Å²) in [4.78, 5) is 7.05. The van der Waals surface area contributed by atoms with Crippen LogP contribution >= 0.6 is 0 Å². The first-order valence-electron chi connectivity index (χ1n) is 15.5. The highest BCUT2D eigenvalue weighted by Gasteiger charge is 2.28. The second kappa shape index (κ2) is 13.7. The molecule has 0 atom stereocenters. The summed E-state index contributed by atoms with van der Waals surface area (Å²) >= 11 is 0. The van der Waals surface area contributed by atoms with Gasteiger partial charge in [0.25, 0.3) is 0 Å². The van der Waals surface area contributed by atoms with Crippen molar-refractivity contribution >= 4 is 33.9 Å². The van der Waals surface area contributed by atoms with Crippen LogP contribution in [0.3, 0.4) is 0 Å². The number of hydrogen-bond donors (Lipinski definition) is 0. The lowest BCUT2D eigenvalue weighted by Crippen LogP contribution is -2.26. The van der Waals surface area contributed by atoms with Crippen LogP contribution in [0.1, 0.15) is 63.8 Å². The molecule has 3 aromatic carbocycles. The fraction of sp³-hybridized carbons (Fsp3) is 0.378. The summed E-state index contributed by atoms with van der Waals surface area (Å²) in [6.07, 6.45) is 4.69. The molecule has 0 aromatic heterocycles. The monoisotopic (exact) mass is 549 g/mol. The second-order valence-electron chi connectivity index (χ2n) is 10.7. The molecule has 0 fully saturated rings. The molecule has 1 aliphatic carbocycles. The second-order valence-corrected chi connectivity index (χ2v) is 10.7. The van der Waals surface area contributed by atoms with Gasteiger partial charge in [0.05, 0.1) is 11.3 Å². The third-order valence-electron chi connectivity index (χ3n) is 8.42. The van der Waals surface area contributed by atoms with E-state index in [1.807, 2.05) is 0 Å². The summed E-state index contributed by atoms with van der Waals surface area (Å²) in [6.45, 7) is 19.3. The quantitative estimate of drug-likeness (QED) is 0.226. The Balaban J connectivity index is 2.02. The summed E-state index contributed by atoms with van der Waals surface area (Å²) in [5, 5.41) is 0. The average molecular weight is 550 g/mol. The Morgan fingerprint density at radius 2 is 1.10 bits per heavy atom. The van der Waals surface area contributed by atoms with E-state index in [0.717, 1.165) is 39.3 Å². The molecule has 0 bridgehead atoms. The summed E-state index contributed by atoms with van der Waals surface area (Å²) in [5.74, 6) is 0. The number of hydrogen-bond acceptors (Lipinski definition) is 3. The lowest BCUT2D eigenvalue weighted by Gasteiger charge is -2.26. The van der Waals surface area contributed by atoms with Crippen molar-refractivity contribution < 1.29 is 4.58 Å². The van der Waals surface area contributed by atoms with E-state index in [-0.39, 0.29) is 0 Å². The smallest absolute Gasteiger partial charge is 0.209 e. The molecule has 3 aromatic rings. The van der Waals surface area contributed by atoms with Crippen molar-refractivity contribution in [2.75, 3.05) is 68.1 Å². The molecule has 0 radical (unpaired) electrons. The number of benzene rings is 3. The predicted molar refractivity (Wildman–Crippen MR) is 181 cm³/mol. The van der Waals surface area contributed by atoms with E-state index in [1.165, 1.54) is 56.2 Å². The fourth-order valence-corrected chi connectivity index (χ4v) is 6.12. The Labute approximate surface area is 248 Å². The van der Waals surface area contributed by atoms with Crippen LogP contribution in [0.2, 0.25) is 0 Å². The van der Waals surface area contributed by atoms with Crippen molar-refractivity contribution in [3.05, 3.63) is 101 Å². The van der Waals surface area contributed by atoms with E-state index < -0.39 is 0 Å². The lowest BCUT2D eigenvalue weighted by atomic mass is 9.82. The molecule has 4 rings (SSSR count). The lowest BCUT2D eigenvalue weighted by molar-refractivity contribution is -0.519. The van der Waals surface area contributed by atoms with Crippen molar-refractivity contribution in [2.45, 2.75) is 41.5 Å². The molecule has 0 spiro atoms. The first kappa shape index (κ1) is 30.2. The van der Waals surface area contributed by atoms with Crippen molar-refractivity contribution in [3.8, 4) is 0 Å². The van der Waals surface area contributed by atoms with Gasteiger partial charge in [-0.15, -0.1) is 0 Å². The Morgan fingerprint density at radius 3 is 1.51 bits per heavy atom. The third-order valence-corrected chi connectivity index (χ3v) is 8.42. The van der Waals surface area contributed by atoms with Gasteiger partial charge in [0, 0.05) is 57.7 Å². The van der Waals surface area contributed by atoms with Crippen LogP contribution < -0.4 is 14.7 Å². The molecular weight excluding hydrogens is 500 g/mol. The van der Waals surface area contributed by atoms with Gasteiger partial charge in [0.2, 0.25) is 5.71 Å². The number of anilines is 3. The minimum atomic E-state index is 0.975. The van der Waals surface area contributed by atoms with Crippen molar-refractivity contribution in [3.63, 3.8) is 0 Å². The molecule has 4 nitrogen and oxygen atoms in total. The Kier molecular flexibility index (Phi) is 10.1. The normalized spacial score (nSPS) is 12.3. The standard InChI is InChI=1S/C37H49N4/c1-9-39(10-2)30-22-18-28(19-23-30)36(29-20-24-31(25-21-29)40(11-3)12-4)33-26-27-35(41(13-5)14-6)37-32(33)16-15-17-34(37)38(7)8/h15-27H,9-14H2,1-8H3/q+1. The van der Waals surface area contributed by atoms with Gasteiger partial charge in [-0.05, 0) is 106 Å². The van der Waals surface area contributed by atoms with E-state index in [4.69, 9.17) is 0 Å². The topological polar surface area (TPSA) is 12.7 Å². The predicted octanol–water partition coefficient (Wildman–Crippen LogP) is 7.82. The maximum absolute atomic E-state index is 2.47. The number of allylic oxidation sites excluding steroid dienone is 3. The van der Waals surface area contributed by atoms with Gasteiger partial charge >= 0.3 is 0 Å². The van der Waals surface area contributed by atoms with Gasteiger partial charge in [0.15, 0.2) is 0 Å². The summed E-state index contributed by atoms with van der Waals surface area (Å²) in [6, 6.07) is 25.1. The van der Waals surface area contributed by atoms with Crippen LogP contribution in [0, 0.1) is 0 Å². The maximum atomic E-state index is 2.47. The van der Waals surface area contributed by atoms with Crippen molar-refractivity contribution in [1.82, 2.24) is 0 Å². The van der Waals surface area contributed by atoms with Crippen molar-refractivity contribution in [2.24, 2.45) is 0 Å². The van der Waals surface area contributed by atoms with Gasteiger partial charge in [-0.25, -0.2) is 4.58 Å². The highest BCUT2D eigenvalue weighted by Crippen LogP contribution is 2.40. The largest absolute Gasteiger partial charge is 0.377 e. The Bertz CT molecular complexity index is 1340. The van der Waals surface area contributed by atoms with Crippen LogP contribution in [0.5, 0.6) is 0 Å². The molecule has 1 aliphatic rings. The van der Waals surface area contributed by atoms with Crippen LogP contribution in [-0.2, 0) is 0 Å². The van der Waals surface area contributed by atoms with E-state index >= 15 is 0 Å². The number of nitrogens with zero attached hydrogens (tertiary/aromatic N) is 4. The molecule has 0 unspecified atom stereocenters. The van der Waals surface area contributed by atoms with Gasteiger partial charge in [0.1, 0.15) is 13.1 Å². The van der Waals surface area contributed by atoms with Gasteiger partial charge in [-0.2, -0.15) is 0 Å². The summed E-state index contributed by atoms with van der Waals surface area (Å²) in [5.41, 5.74) is 12.7. The van der Waals surface area contributed by atoms with E-state index in [0.29, 0.717) is 0 Å². The van der Waals surface area contributed by atoms with Gasteiger partial charge < -0.3 is 14.7 Å². The molecule has 0 N–H and O–H groups in total. The highest BCUT2D eigenvalue weighted by atomic mass is 15.1. The van der Waals surface area contributed by atoms with Gasteiger partial charge in [-0.1, -0.05) is 36.4 Å². The first-order chi connectivity index (χ1) is 19.9. The van der Waals surface area contributed by atoms with E-state index in [1.54, 1.807) is 0 Å².